The molecule has 3 aromatic heterocycles. The van der Waals surface area contributed by atoms with Gasteiger partial charge in [-0.3, -0.25) is 24.2 Å². The van der Waals surface area contributed by atoms with Crippen LogP contribution in [0.1, 0.15) is 51.7 Å². The van der Waals surface area contributed by atoms with Crippen LogP contribution in [0, 0.1) is 0 Å². The zero-order valence-corrected chi connectivity index (χ0v) is 25.0. The average molecular weight is 595 g/mol. The number of ether oxygens (including phenoxy) is 4. The standard InChI is InChI=1S/C20H21N3O3.C14H13NO3/c1-14(2)23-18(8-10-22-23)20-15(5-4-9-21-20)13-26-19-7-6-17(25-3)11-16(19)12-24;1-17-13-4-5-14(12(7-13)9-16)18-10-11-3-2-6-15-8-11/h4-12,14H,13H2,1-3H3;2-9H,10H2,1H3. The molecule has 0 spiro atoms. The van der Waals surface area contributed by atoms with Crippen LogP contribution < -0.4 is 18.9 Å². The molecule has 0 amide bonds. The molecule has 3 heterocycles. The quantitative estimate of drug-likeness (QED) is 0.151. The Labute approximate surface area is 256 Å². The number of rotatable bonds is 12. The van der Waals surface area contributed by atoms with E-state index in [0.717, 1.165) is 35.1 Å². The second kappa shape index (κ2) is 15.6. The maximum Gasteiger partial charge on any atom is 0.153 e. The van der Waals surface area contributed by atoms with Crippen LogP contribution in [0.15, 0.2) is 91.5 Å². The molecule has 0 unspecified atom stereocenters. The molecule has 10 heteroatoms. The molecule has 226 valence electrons. The third-order valence-electron chi connectivity index (χ3n) is 6.48. The summed E-state index contributed by atoms with van der Waals surface area (Å²) in [5.41, 5.74) is 4.54. The van der Waals surface area contributed by atoms with Gasteiger partial charge in [0, 0.05) is 42.0 Å². The van der Waals surface area contributed by atoms with Gasteiger partial charge in [0.15, 0.2) is 12.6 Å². The van der Waals surface area contributed by atoms with Gasteiger partial charge >= 0.3 is 0 Å². The van der Waals surface area contributed by atoms with Crippen LogP contribution >= 0.6 is 0 Å². The van der Waals surface area contributed by atoms with Crippen molar-refractivity contribution in [3.63, 3.8) is 0 Å². The molecule has 0 aliphatic rings. The van der Waals surface area contributed by atoms with Crippen LogP contribution in [0.2, 0.25) is 0 Å². The van der Waals surface area contributed by atoms with Gasteiger partial charge in [0.05, 0.1) is 36.7 Å². The predicted molar refractivity (Wildman–Crippen MR) is 166 cm³/mol. The average Bonchev–Trinajstić information content (AvgIpc) is 3.57. The Bertz CT molecular complexity index is 1670. The number of benzene rings is 2. The van der Waals surface area contributed by atoms with Crippen LogP contribution in [0.4, 0.5) is 0 Å². The minimum absolute atomic E-state index is 0.221. The van der Waals surface area contributed by atoms with E-state index >= 15 is 0 Å². The fraction of sp³-hybridized carbons (Fsp3) is 0.206. The molecular weight excluding hydrogens is 560 g/mol. The van der Waals surface area contributed by atoms with Gasteiger partial charge in [0.25, 0.3) is 0 Å². The predicted octanol–water partition coefficient (Wildman–Crippen LogP) is 6.41. The number of aromatic nitrogens is 4. The molecule has 10 nitrogen and oxygen atoms in total. The maximum absolute atomic E-state index is 11.3. The highest BCUT2D eigenvalue weighted by atomic mass is 16.5. The van der Waals surface area contributed by atoms with Crippen molar-refractivity contribution < 1.29 is 28.5 Å². The summed E-state index contributed by atoms with van der Waals surface area (Å²) < 4.78 is 23.6. The topological polar surface area (TPSA) is 115 Å². The molecule has 0 fully saturated rings. The summed E-state index contributed by atoms with van der Waals surface area (Å²) in [7, 11) is 3.12. The summed E-state index contributed by atoms with van der Waals surface area (Å²) in [6, 6.07) is 20.0. The molecule has 0 aliphatic carbocycles. The van der Waals surface area contributed by atoms with Crippen molar-refractivity contribution in [2.24, 2.45) is 0 Å². The van der Waals surface area contributed by atoms with Crippen molar-refractivity contribution in [3.8, 4) is 34.4 Å². The molecule has 0 bridgehead atoms. The molecule has 5 rings (SSSR count). The number of carbonyl (C=O) groups excluding carboxylic acids is 2. The highest BCUT2D eigenvalue weighted by Gasteiger charge is 2.15. The zero-order valence-electron chi connectivity index (χ0n) is 25.0. The SMILES string of the molecule is COc1ccc(OCc2cccnc2)c(C=O)c1.COc1ccc(OCc2cccnc2-c2ccnn2C(C)C)c(C=O)c1. The Morgan fingerprint density at radius 1 is 0.773 bits per heavy atom. The van der Waals surface area contributed by atoms with Gasteiger partial charge in [-0.1, -0.05) is 12.1 Å². The first-order valence-corrected chi connectivity index (χ1v) is 13.9. The fourth-order valence-corrected chi connectivity index (χ4v) is 4.25. The molecule has 0 saturated heterocycles. The first-order chi connectivity index (χ1) is 21.5. The molecule has 0 radical (unpaired) electrons. The van der Waals surface area contributed by atoms with Gasteiger partial charge in [-0.15, -0.1) is 0 Å². The Balaban J connectivity index is 0.000000215. The van der Waals surface area contributed by atoms with Crippen molar-refractivity contribution in [3.05, 3.63) is 114 Å². The lowest BCUT2D eigenvalue weighted by atomic mass is 10.1. The number of hydrogen-bond donors (Lipinski definition) is 0. The largest absolute Gasteiger partial charge is 0.497 e. The van der Waals surface area contributed by atoms with Crippen LogP contribution in [-0.4, -0.2) is 46.5 Å². The Kier molecular flexibility index (Phi) is 11.2. The van der Waals surface area contributed by atoms with Gasteiger partial charge in [0.1, 0.15) is 36.2 Å². The fourth-order valence-electron chi connectivity index (χ4n) is 4.25. The number of hydrogen-bond acceptors (Lipinski definition) is 9. The minimum Gasteiger partial charge on any atom is -0.497 e. The third-order valence-corrected chi connectivity index (χ3v) is 6.48. The van der Waals surface area contributed by atoms with Crippen LogP contribution in [0.25, 0.3) is 11.4 Å². The second-order valence-electron chi connectivity index (χ2n) is 9.75. The maximum atomic E-state index is 11.3. The molecule has 2 aromatic carbocycles. The summed E-state index contributed by atoms with van der Waals surface area (Å²) in [4.78, 5) is 30.8. The second-order valence-corrected chi connectivity index (χ2v) is 9.75. The van der Waals surface area contributed by atoms with E-state index < -0.39 is 0 Å². The molecular formula is C34H34N4O6. The number of methoxy groups -OCH3 is 2. The summed E-state index contributed by atoms with van der Waals surface area (Å²) in [6.45, 7) is 4.81. The van der Waals surface area contributed by atoms with Gasteiger partial charge in [-0.25, -0.2) is 0 Å². The van der Waals surface area contributed by atoms with Crippen molar-refractivity contribution in [2.45, 2.75) is 33.1 Å². The lowest BCUT2D eigenvalue weighted by molar-refractivity contribution is 0.111. The summed E-state index contributed by atoms with van der Waals surface area (Å²) in [5.74, 6) is 2.29. The van der Waals surface area contributed by atoms with Crippen LogP contribution in [0.5, 0.6) is 23.0 Å². The van der Waals surface area contributed by atoms with E-state index in [-0.39, 0.29) is 6.04 Å². The summed E-state index contributed by atoms with van der Waals surface area (Å²) in [5, 5.41) is 4.37. The Morgan fingerprint density at radius 3 is 1.98 bits per heavy atom. The van der Waals surface area contributed by atoms with E-state index in [2.05, 4.69) is 28.9 Å². The molecule has 0 aliphatic heterocycles. The van der Waals surface area contributed by atoms with E-state index in [1.54, 1.807) is 75.4 Å². The number of pyridine rings is 2. The highest BCUT2D eigenvalue weighted by Crippen LogP contribution is 2.27. The highest BCUT2D eigenvalue weighted by molar-refractivity contribution is 5.80. The van der Waals surface area contributed by atoms with Crippen molar-refractivity contribution in [1.82, 2.24) is 19.7 Å². The van der Waals surface area contributed by atoms with E-state index in [9.17, 15) is 9.59 Å². The third kappa shape index (κ3) is 8.07. The normalized spacial score (nSPS) is 10.4. The van der Waals surface area contributed by atoms with E-state index in [1.165, 1.54) is 0 Å². The van der Waals surface area contributed by atoms with Gasteiger partial charge in [0.2, 0.25) is 0 Å². The number of nitrogens with zero attached hydrogens (tertiary/aromatic N) is 4. The summed E-state index contributed by atoms with van der Waals surface area (Å²) >= 11 is 0. The van der Waals surface area contributed by atoms with Crippen molar-refractivity contribution in [2.75, 3.05) is 14.2 Å². The lowest BCUT2D eigenvalue weighted by Crippen LogP contribution is -2.08. The first-order valence-electron chi connectivity index (χ1n) is 13.9. The van der Waals surface area contributed by atoms with Crippen LogP contribution in [0.3, 0.4) is 0 Å². The minimum atomic E-state index is 0.221. The van der Waals surface area contributed by atoms with Crippen molar-refractivity contribution >= 4 is 12.6 Å². The molecule has 0 saturated carbocycles. The zero-order chi connectivity index (χ0) is 31.3. The van der Waals surface area contributed by atoms with E-state index in [4.69, 9.17) is 18.9 Å². The lowest BCUT2D eigenvalue weighted by Gasteiger charge is -2.14. The number of aldehydes is 2. The number of carbonyl (C=O) groups is 2. The van der Waals surface area contributed by atoms with Crippen LogP contribution in [-0.2, 0) is 13.2 Å². The molecule has 0 N–H and O–H groups in total. The molecule has 0 atom stereocenters. The Morgan fingerprint density at radius 2 is 1.41 bits per heavy atom. The summed E-state index contributed by atoms with van der Waals surface area (Å²) in [6.07, 6.45) is 8.46. The molecule has 44 heavy (non-hydrogen) atoms. The van der Waals surface area contributed by atoms with E-state index in [0.29, 0.717) is 47.3 Å². The smallest absolute Gasteiger partial charge is 0.153 e. The van der Waals surface area contributed by atoms with Crippen molar-refractivity contribution in [1.29, 1.82) is 0 Å². The monoisotopic (exact) mass is 594 g/mol. The van der Waals surface area contributed by atoms with Gasteiger partial charge < -0.3 is 18.9 Å². The van der Waals surface area contributed by atoms with Gasteiger partial charge in [-0.2, -0.15) is 5.10 Å². The molecule has 5 aromatic rings. The van der Waals surface area contributed by atoms with Gasteiger partial charge in [-0.05, 0) is 68.4 Å². The van der Waals surface area contributed by atoms with E-state index in [1.807, 2.05) is 35.0 Å². The Hall–Kier alpha value is -5.51. The first kappa shape index (κ1) is 31.4.